The summed E-state index contributed by atoms with van der Waals surface area (Å²) in [6.45, 7) is 0.822. The molecule has 2 rings (SSSR count). The first-order valence-corrected chi connectivity index (χ1v) is 7.50. The topological polar surface area (TPSA) is 62.6 Å². The molecule has 0 aliphatic carbocycles. The number of carbonyl (C=O) groups is 2. The van der Waals surface area contributed by atoms with Gasteiger partial charge in [0.25, 0.3) is 0 Å². The number of alkyl halides is 3. The minimum atomic E-state index is -4.67. The number of hydrogen-bond donors (Lipinski definition) is 1. The van der Waals surface area contributed by atoms with Gasteiger partial charge in [0.1, 0.15) is 12.3 Å². The van der Waals surface area contributed by atoms with Gasteiger partial charge < -0.3 is 14.6 Å². The Morgan fingerprint density at radius 1 is 1.28 bits per heavy atom. The van der Waals surface area contributed by atoms with E-state index in [9.17, 15) is 22.8 Å². The second-order valence-corrected chi connectivity index (χ2v) is 5.53. The number of rotatable bonds is 5. The summed E-state index contributed by atoms with van der Waals surface area (Å²) in [5, 5.41) is 2.04. The number of benzene rings is 1. The average molecular weight is 375 g/mol. The predicted octanol–water partition coefficient (Wildman–Crippen LogP) is 3.62. The van der Waals surface area contributed by atoms with Crippen LogP contribution in [0.25, 0.3) is 0 Å². The fraction of sp³-hybridized carbons (Fsp3) is 0.250. The number of anilines is 1. The van der Waals surface area contributed by atoms with Gasteiger partial charge in [0, 0.05) is 12.6 Å². The molecule has 1 N–H and O–H groups in total. The normalized spacial score (nSPS) is 11.2. The highest BCUT2D eigenvalue weighted by Crippen LogP contribution is 2.36. The molecule has 5 nitrogen and oxygen atoms in total. The SMILES string of the molecule is CC(=O)N(CC(=O)NCc1ccco1)c1ccc(Cl)c(C(F)(F)F)c1. The molecular weight excluding hydrogens is 361 g/mol. The van der Waals surface area contributed by atoms with Gasteiger partial charge in [0.2, 0.25) is 11.8 Å². The minimum absolute atomic E-state index is 0.0719. The summed E-state index contributed by atoms with van der Waals surface area (Å²) < 4.78 is 43.9. The van der Waals surface area contributed by atoms with Crippen LogP contribution in [0.4, 0.5) is 18.9 Å². The molecule has 1 heterocycles. The molecule has 0 radical (unpaired) electrons. The molecule has 0 saturated heterocycles. The van der Waals surface area contributed by atoms with Crippen LogP contribution in [0.5, 0.6) is 0 Å². The van der Waals surface area contributed by atoms with Gasteiger partial charge in [-0.3, -0.25) is 9.59 Å². The molecule has 2 aromatic rings. The first kappa shape index (κ1) is 18.9. The van der Waals surface area contributed by atoms with Crippen molar-refractivity contribution in [1.82, 2.24) is 5.32 Å². The van der Waals surface area contributed by atoms with Crippen molar-refractivity contribution in [2.24, 2.45) is 0 Å². The smallest absolute Gasteiger partial charge is 0.417 e. The Labute approximate surface area is 146 Å². The first-order valence-electron chi connectivity index (χ1n) is 7.12. The lowest BCUT2D eigenvalue weighted by Crippen LogP contribution is -2.39. The second kappa shape index (κ2) is 7.60. The van der Waals surface area contributed by atoms with Crippen molar-refractivity contribution < 1.29 is 27.2 Å². The van der Waals surface area contributed by atoms with E-state index in [0.717, 1.165) is 24.0 Å². The fourth-order valence-corrected chi connectivity index (χ4v) is 2.31. The van der Waals surface area contributed by atoms with Gasteiger partial charge >= 0.3 is 6.18 Å². The summed E-state index contributed by atoms with van der Waals surface area (Å²) in [6, 6.07) is 6.33. The number of nitrogens with zero attached hydrogens (tertiary/aromatic N) is 1. The van der Waals surface area contributed by atoms with Gasteiger partial charge in [-0.2, -0.15) is 13.2 Å². The number of amides is 2. The van der Waals surface area contributed by atoms with Crippen LogP contribution in [-0.2, 0) is 22.3 Å². The van der Waals surface area contributed by atoms with E-state index >= 15 is 0 Å². The molecule has 134 valence electrons. The largest absolute Gasteiger partial charge is 0.467 e. The van der Waals surface area contributed by atoms with E-state index in [-0.39, 0.29) is 12.2 Å². The minimum Gasteiger partial charge on any atom is -0.467 e. The highest BCUT2D eigenvalue weighted by atomic mass is 35.5. The van der Waals surface area contributed by atoms with Gasteiger partial charge in [0.15, 0.2) is 0 Å². The molecule has 1 aromatic carbocycles. The molecule has 0 unspecified atom stereocenters. The second-order valence-electron chi connectivity index (χ2n) is 5.12. The van der Waals surface area contributed by atoms with E-state index < -0.39 is 35.1 Å². The quantitative estimate of drug-likeness (QED) is 0.869. The Balaban J connectivity index is 2.15. The van der Waals surface area contributed by atoms with Crippen LogP contribution in [0, 0.1) is 0 Å². The van der Waals surface area contributed by atoms with Crippen LogP contribution >= 0.6 is 11.6 Å². The Morgan fingerprint density at radius 3 is 2.56 bits per heavy atom. The van der Waals surface area contributed by atoms with Crippen molar-refractivity contribution in [3.63, 3.8) is 0 Å². The Hall–Kier alpha value is -2.48. The van der Waals surface area contributed by atoms with Crippen LogP contribution in [0.2, 0.25) is 5.02 Å². The molecule has 1 aromatic heterocycles. The van der Waals surface area contributed by atoms with Gasteiger partial charge in [-0.25, -0.2) is 0 Å². The summed E-state index contributed by atoms with van der Waals surface area (Å²) in [6.07, 6.45) is -3.23. The maximum atomic E-state index is 13.0. The summed E-state index contributed by atoms with van der Waals surface area (Å²) in [4.78, 5) is 24.7. The Morgan fingerprint density at radius 2 is 2.00 bits per heavy atom. The van der Waals surface area contributed by atoms with E-state index in [1.807, 2.05) is 0 Å². The molecule has 0 saturated carbocycles. The summed E-state index contributed by atoms with van der Waals surface area (Å²) >= 11 is 5.56. The van der Waals surface area contributed by atoms with Crippen molar-refractivity contribution in [3.05, 3.63) is 52.9 Å². The van der Waals surface area contributed by atoms with E-state index in [4.69, 9.17) is 16.0 Å². The van der Waals surface area contributed by atoms with Gasteiger partial charge in [-0.05, 0) is 30.3 Å². The van der Waals surface area contributed by atoms with Gasteiger partial charge in [0.05, 0.1) is 23.4 Å². The summed E-state index contributed by atoms with van der Waals surface area (Å²) in [5.74, 6) is -0.618. The molecule has 0 aliphatic heterocycles. The molecule has 0 atom stereocenters. The number of carbonyl (C=O) groups excluding carboxylic acids is 2. The lowest BCUT2D eigenvalue weighted by Gasteiger charge is -2.22. The third kappa shape index (κ3) is 4.99. The standard InChI is InChI=1S/C16H14ClF3N2O3/c1-10(23)22(9-15(24)21-8-12-3-2-6-25-12)11-4-5-14(17)13(7-11)16(18,19)20/h2-7H,8-9H2,1H3,(H,21,24). The summed E-state index contributed by atoms with van der Waals surface area (Å²) in [7, 11) is 0. The molecule has 2 amide bonds. The Kier molecular flexibility index (Phi) is 5.73. The Bertz CT molecular complexity index is 760. The van der Waals surface area contributed by atoms with Gasteiger partial charge in [-0.1, -0.05) is 11.6 Å². The van der Waals surface area contributed by atoms with Crippen LogP contribution in [-0.4, -0.2) is 18.4 Å². The maximum Gasteiger partial charge on any atom is 0.417 e. The van der Waals surface area contributed by atoms with Crippen LogP contribution in [0.3, 0.4) is 0 Å². The lowest BCUT2D eigenvalue weighted by atomic mass is 10.1. The predicted molar refractivity (Wildman–Crippen MR) is 85.0 cm³/mol. The highest BCUT2D eigenvalue weighted by molar-refractivity contribution is 6.31. The molecule has 25 heavy (non-hydrogen) atoms. The number of hydrogen-bond acceptors (Lipinski definition) is 3. The molecule has 0 aliphatic rings. The zero-order valence-corrected chi connectivity index (χ0v) is 13.8. The van der Waals surface area contributed by atoms with E-state index in [0.29, 0.717) is 5.76 Å². The lowest BCUT2D eigenvalue weighted by molar-refractivity contribution is -0.137. The number of halogens is 4. The first-order chi connectivity index (χ1) is 11.7. The van der Waals surface area contributed by atoms with E-state index in [1.165, 1.54) is 12.3 Å². The molecule has 0 fully saturated rings. The van der Waals surface area contributed by atoms with Crippen molar-refractivity contribution in [1.29, 1.82) is 0 Å². The van der Waals surface area contributed by atoms with E-state index in [2.05, 4.69) is 5.32 Å². The molecule has 0 spiro atoms. The average Bonchev–Trinajstić information content (AvgIpc) is 3.03. The maximum absolute atomic E-state index is 13.0. The molecular formula is C16H14ClF3N2O3. The third-order valence-corrected chi connectivity index (χ3v) is 3.62. The van der Waals surface area contributed by atoms with Crippen molar-refractivity contribution in [2.75, 3.05) is 11.4 Å². The fourth-order valence-electron chi connectivity index (χ4n) is 2.08. The van der Waals surface area contributed by atoms with Gasteiger partial charge in [-0.15, -0.1) is 0 Å². The highest BCUT2D eigenvalue weighted by Gasteiger charge is 2.34. The third-order valence-electron chi connectivity index (χ3n) is 3.29. The van der Waals surface area contributed by atoms with E-state index in [1.54, 1.807) is 12.1 Å². The monoisotopic (exact) mass is 374 g/mol. The number of furan rings is 1. The van der Waals surface area contributed by atoms with Crippen molar-refractivity contribution >= 4 is 29.1 Å². The van der Waals surface area contributed by atoms with Crippen LogP contribution < -0.4 is 10.2 Å². The van der Waals surface area contributed by atoms with Crippen LogP contribution in [0.1, 0.15) is 18.2 Å². The zero-order valence-electron chi connectivity index (χ0n) is 13.1. The zero-order chi connectivity index (χ0) is 18.6. The van der Waals surface area contributed by atoms with Crippen molar-refractivity contribution in [3.8, 4) is 0 Å². The number of nitrogens with one attached hydrogen (secondary N) is 1. The molecule has 0 bridgehead atoms. The van der Waals surface area contributed by atoms with Crippen LogP contribution in [0.15, 0.2) is 41.0 Å². The van der Waals surface area contributed by atoms with Crippen molar-refractivity contribution in [2.45, 2.75) is 19.6 Å². The molecule has 9 heteroatoms. The summed E-state index contributed by atoms with van der Waals surface area (Å²) in [5.41, 5.74) is -1.15.